The first kappa shape index (κ1) is 12.3. The molecular formula is C11H15N9O. The summed E-state index contributed by atoms with van der Waals surface area (Å²) in [6, 6.07) is 0. The number of hydrogen-bond acceptors (Lipinski definition) is 9. The molecule has 0 bridgehead atoms. The van der Waals surface area contributed by atoms with E-state index in [1.54, 1.807) is 16.1 Å². The Morgan fingerprint density at radius 2 is 2.24 bits per heavy atom. The maximum Gasteiger partial charge on any atom is 0.189 e. The lowest BCUT2D eigenvalue weighted by Gasteiger charge is -2.34. The molecule has 3 aliphatic rings. The van der Waals surface area contributed by atoms with Gasteiger partial charge in [0, 0.05) is 13.6 Å². The highest BCUT2D eigenvalue weighted by molar-refractivity contribution is 6.05. The van der Waals surface area contributed by atoms with E-state index < -0.39 is 0 Å². The summed E-state index contributed by atoms with van der Waals surface area (Å²) in [6.45, 7) is 2.06. The summed E-state index contributed by atoms with van der Waals surface area (Å²) in [4.78, 5) is 6.41. The average molecular weight is 289 g/mol. The van der Waals surface area contributed by atoms with Crippen LogP contribution in [0.25, 0.3) is 0 Å². The van der Waals surface area contributed by atoms with E-state index in [1.807, 2.05) is 19.2 Å². The van der Waals surface area contributed by atoms with E-state index in [4.69, 9.17) is 4.74 Å². The van der Waals surface area contributed by atoms with Crippen molar-refractivity contribution in [2.45, 2.75) is 6.10 Å². The van der Waals surface area contributed by atoms with Gasteiger partial charge in [-0.15, -0.1) is 15.7 Å². The van der Waals surface area contributed by atoms with Gasteiger partial charge in [-0.1, -0.05) is 0 Å². The summed E-state index contributed by atoms with van der Waals surface area (Å²) < 4.78 is 7.44. The summed E-state index contributed by atoms with van der Waals surface area (Å²) in [7, 11) is 1.85. The lowest BCUT2D eigenvalue weighted by molar-refractivity contribution is -0.0120. The van der Waals surface area contributed by atoms with E-state index in [2.05, 4.69) is 36.3 Å². The van der Waals surface area contributed by atoms with Crippen LogP contribution < -0.4 is 11.1 Å². The number of hydrazine groups is 2. The molecule has 10 nitrogen and oxygen atoms in total. The summed E-state index contributed by atoms with van der Waals surface area (Å²) in [5.74, 6) is 2.29. The third kappa shape index (κ3) is 2.23. The highest BCUT2D eigenvalue weighted by Gasteiger charge is 2.28. The normalized spacial score (nSPS) is 24.5. The van der Waals surface area contributed by atoms with Gasteiger partial charge in [0.2, 0.25) is 0 Å². The summed E-state index contributed by atoms with van der Waals surface area (Å²) >= 11 is 0. The minimum Gasteiger partial charge on any atom is -0.366 e. The summed E-state index contributed by atoms with van der Waals surface area (Å²) in [6.07, 6.45) is 5.38. The molecule has 110 valence electrons. The molecule has 4 heterocycles. The first-order valence-electron chi connectivity index (χ1n) is 6.67. The molecule has 0 spiro atoms. The second kappa shape index (κ2) is 4.82. The standard InChI is InChI=1S/C11H15N9O/c1-18-7-12-11(15-18)8-6-19(4-5-21-8)10-3-2-9-13-16-17-20(9)14-10/h2-3,7-8,16-17H,4-6H2,1H3. The minimum atomic E-state index is -0.143. The first-order chi connectivity index (χ1) is 10.3. The number of rotatable bonds is 1. The zero-order valence-corrected chi connectivity index (χ0v) is 11.5. The van der Waals surface area contributed by atoms with Gasteiger partial charge in [0.1, 0.15) is 12.4 Å². The molecule has 4 rings (SSSR count). The number of ether oxygens (including phenoxy) is 1. The second-order valence-corrected chi connectivity index (χ2v) is 4.88. The van der Waals surface area contributed by atoms with Crippen LogP contribution in [0.4, 0.5) is 0 Å². The Morgan fingerprint density at radius 1 is 1.33 bits per heavy atom. The first-order valence-corrected chi connectivity index (χ1v) is 6.67. The van der Waals surface area contributed by atoms with E-state index >= 15 is 0 Å². The van der Waals surface area contributed by atoms with E-state index in [0.29, 0.717) is 19.0 Å². The van der Waals surface area contributed by atoms with Crippen LogP contribution in [0.3, 0.4) is 0 Å². The highest BCUT2D eigenvalue weighted by Crippen LogP contribution is 2.20. The largest absolute Gasteiger partial charge is 0.366 e. The third-order valence-corrected chi connectivity index (χ3v) is 3.42. The van der Waals surface area contributed by atoms with Crippen LogP contribution in [-0.2, 0) is 11.8 Å². The average Bonchev–Trinajstić information content (AvgIpc) is 3.15. The molecule has 21 heavy (non-hydrogen) atoms. The second-order valence-electron chi connectivity index (χ2n) is 4.88. The number of amidine groups is 2. The third-order valence-electron chi connectivity index (χ3n) is 3.42. The van der Waals surface area contributed by atoms with Crippen molar-refractivity contribution in [1.82, 2.24) is 35.9 Å². The van der Waals surface area contributed by atoms with Crippen LogP contribution in [0.15, 0.2) is 28.7 Å². The predicted octanol–water partition coefficient (Wildman–Crippen LogP) is -1.29. The van der Waals surface area contributed by atoms with Gasteiger partial charge in [-0.3, -0.25) is 4.68 Å². The van der Waals surface area contributed by atoms with Gasteiger partial charge in [-0.05, 0) is 12.2 Å². The zero-order chi connectivity index (χ0) is 14.2. The van der Waals surface area contributed by atoms with Crippen LogP contribution >= 0.6 is 0 Å². The van der Waals surface area contributed by atoms with Crippen molar-refractivity contribution in [3.05, 3.63) is 24.3 Å². The Balaban J connectivity index is 1.51. The topological polar surface area (TPSA) is 95.2 Å². The number of fused-ring (bicyclic) bond motifs is 1. The van der Waals surface area contributed by atoms with E-state index in [1.165, 1.54) is 0 Å². The molecule has 0 aliphatic carbocycles. The molecule has 0 radical (unpaired) electrons. The fraction of sp³-hybridized carbons (Fsp3) is 0.455. The van der Waals surface area contributed by atoms with Gasteiger partial charge < -0.3 is 9.64 Å². The fourth-order valence-corrected chi connectivity index (χ4v) is 2.39. The number of nitrogens with one attached hydrogen (secondary N) is 2. The molecule has 0 amide bonds. The SMILES string of the molecule is Cn1cnc(C2CN(C3=NN4NNN=C4C=C3)CCO2)n1. The molecular weight excluding hydrogens is 274 g/mol. The van der Waals surface area contributed by atoms with Crippen LogP contribution in [0.2, 0.25) is 0 Å². The molecule has 1 aromatic heterocycles. The van der Waals surface area contributed by atoms with Crippen molar-refractivity contribution in [3.63, 3.8) is 0 Å². The maximum atomic E-state index is 5.76. The van der Waals surface area contributed by atoms with Crippen LogP contribution in [-0.4, -0.2) is 56.1 Å². The quantitative estimate of drug-likeness (QED) is 0.664. The van der Waals surface area contributed by atoms with Crippen molar-refractivity contribution < 1.29 is 4.74 Å². The smallest absolute Gasteiger partial charge is 0.189 e. The lowest BCUT2D eigenvalue weighted by atomic mass is 10.2. The Labute approximate surface area is 120 Å². The molecule has 1 aromatic rings. The number of aryl methyl sites for hydroxylation is 1. The van der Waals surface area contributed by atoms with Gasteiger partial charge >= 0.3 is 0 Å². The van der Waals surface area contributed by atoms with Gasteiger partial charge in [-0.25, -0.2) is 10.5 Å². The van der Waals surface area contributed by atoms with Crippen molar-refractivity contribution in [2.75, 3.05) is 19.7 Å². The van der Waals surface area contributed by atoms with Gasteiger partial charge in [0.25, 0.3) is 0 Å². The molecule has 1 saturated heterocycles. The highest BCUT2D eigenvalue weighted by atomic mass is 16.5. The molecule has 0 saturated carbocycles. The minimum absolute atomic E-state index is 0.143. The Morgan fingerprint density at radius 3 is 3.10 bits per heavy atom. The number of morpholine rings is 1. The number of aromatic nitrogens is 3. The van der Waals surface area contributed by atoms with Crippen LogP contribution in [0.1, 0.15) is 11.9 Å². The van der Waals surface area contributed by atoms with Gasteiger partial charge in [-0.2, -0.15) is 10.2 Å². The zero-order valence-electron chi connectivity index (χ0n) is 11.5. The van der Waals surface area contributed by atoms with Gasteiger partial charge in [0.05, 0.1) is 13.2 Å². The molecule has 1 fully saturated rings. The number of hydrogen-bond donors (Lipinski definition) is 2. The van der Waals surface area contributed by atoms with E-state index in [0.717, 1.165) is 18.2 Å². The molecule has 2 N–H and O–H groups in total. The molecule has 0 aromatic carbocycles. The molecule has 1 unspecified atom stereocenters. The van der Waals surface area contributed by atoms with Gasteiger partial charge in [0.15, 0.2) is 17.5 Å². The molecule has 3 aliphatic heterocycles. The van der Waals surface area contributed by atoms with E-state index in [9.17, 15) is 0 Å². The van der Waals surface area contributed by atoms with Crippen molar-refractivity contribution in [3.8, 4) is 0 Å². The number of nitrogens with zero attached hydrogens (tertiary/aromatic N) is 7. The molecule has 10 heteroatoms. The fourth-order valence-electron chi connectivity index (χ4n) is 2.39. The number of hydrazone groups is 2. The molecule has 1 atom stereocenters. The van der Waals surface area contributed by atoms with Crippen LogP contribution in [0.5, 0.6) is 0 Å². The summed E-state index contributed by atoms with van der Waals surface area (Å²) in [5, 5.41) is 14.4. The Bertz CT molecular complexity index is 633. The summed E-state index contributed by atoms with van der Waals surface area (Å²) in [5.41, 5.74) is 5.49. The van der Waals surface area contributed by atoms with E-state index in [-0.39, 0.29) is 6.10 Å². The van der Waals surface area contributed by atoms with Crippen molar-refractivity contribution >= 4 is 11.7 Å². The maximum absolute atomic E-state index is 5.76. The predicted molar refractivity (Wildman–Crippen MR) is 73.4 cm³/mol. The lowest BCUT2D eigenvalue weighted by Crippen LogP contribution is -2.46. The van der Waals surface area contributed by atoms with Crippen molar-refractivity contribution in [1.29, 1.82) is 0 Å². The van der Waals surface area contributed by atoms with Crippen LogP contribution in [0, 0.1) is 0 Å². The van der Waals surface area contributed by atoms with Crippen molar-refractivity contribution in [2.24, 2.45) is 17.3 Å². The Hall–Kier alpha value is -2.46. The monoisotopic (exact) mass is 289 g/mol. The Kier molecular flexibility index (Phi) is 2.82.